The molecule has 0 unspecified atom stereocenters. The quantitative estimate of drug-likeness (QED) is 0.819. The highest BCUT2D eigenvalue weighted by Crippen LogP contribution is 2.17. The van der Waals surface area contributed by atoms with Gasteiger partial charge in [-0.05, 0) is 34.7 Å². The van der Waals surface area contributed by atoms with Crippen molar-refractivity contribution in [2.45, 2.75) is 6.54 Å². The van der Waals surface area contributed by atoms with Crippen molar-refractivity contribution in [3.63, 3.8) is 0 Å². The molecule has 0 fully saturated rings. The number of carbonyl (C=O) groups excluding carboxylic acids is 1. The van der Waals surface area contributed by atoms with Gasteiger partial charge >= 0.3 is 0 Å². The number of halogens is 1. The highest BCUT2D eigenvalue weighted by molar-refractivity contribution is 14.1. The van der Waals surface area contributed by atoms with Crippen LogP contribution in [0.2, 0.25) is 0 Å². The lowest BCUT2D eigenvalue weighted by molar-refractivity contribution is 0.102. The molecular formula is C12H13IN4O. The third-order valence-electron chi connectivity index (χ3n) is 2.38. The summed E-state index contributed by atoms with van der Waals surface area (Å²) in [5, 5.41) is 2.83. The molecule has 94 valence electrons. The second kappa shape index (κ2) is 5.96. The van der Waals surface area contributed by atoms with E-state index in [0.717, 1.165) is 9.26 Å². The SMILES string of the molecule is NCCn1cnc(C(=O)Nc2ccccc2I)c1. The largest absolute Gasteiger partial charge is 0.335 e. The topological polar surface area (TPSA) is 72.9 Å². The number of para-hydroxylation sites is 1. The van der Waals surface area contributed by atoms with E-state index in [4.69, 9.17) is 5.73 Å². The molecule has 0 bridgehead atoms. The molecule has 6 heteroatoms. The zero-order valence-electron chi connectivity index (χ0n) is 9.64. The molecule has 3 N–H and O–H groups in total. The summed E-state index contributed by atoms with van der Waals surface area (Å²) >= 11 is 2.17. The summed E-state index contributed by atoms with van der Waals surface area (Å²) in [6.45, 7) is 1.18. The molecule has 1 amide bonds. The molecule has 18 heavy (non-hydrogen) atoms. The first-order valence-electron chi connectivity index (χ1n) is 5.48. The summed E-state index contributed by atoms with van der Waals surface area (Å²) in [7, 11) is 0. The molecule has 0 aliphatic carbocycles. The van der Waals surface area contributed by atoms with E-state index in [1.54, 1.807) is 17.1 Å². The number of nitrogens with two attached hydrogens (primary N) is 1. The predicted molar refractivity (Wildman–Crippen MR) is 78.4 cm³/mol. The zero-order valence-corrected chi connectivity index (χ0v) is 11.8. The second-order valence-electron chi connectivity index (χ2n) is 3.72. The van der Waals surface area contributed by atoms with Crippen LogP contribution in [0.4, 0.5) is 5.69 Å². The molecule has 5 nitrogen and oxygen atoms in total. The number of anilines is 1. The Bertz CT molecular complexity index is 553. The molecule has 1 heterocycles. The van der Waals surface area contributed by atoms with Crippen LogP contribution in [-0.4, -0.2) is 22.0 Å². The van der Waals surface area contributed by atoms with Gasteiger partial charge in [-0.3, -0.25) is 4.79 Å². The van der Waals surface area contributed by atoms with Crippen molar-refractivity contribution in [2.75, 3.05) is 11.9 Å². The van der Waals surface area contributed by atoms with Gasteiger partial charge in [0.25, 0.3) is 5.91 Å². The van der Waals surface area contributed by atoms with Gasteiger partial charge in [0.2, 0.25) is 0 Å². The van der Waals surface area contributed by atoms with Gasteiger partial charge in [0.1, 0.15) is 5.69 Å². The minimum absolute atomic E-state index is 0.213. The van der Waals surface area contributed by atoms with E-state index in [9.17, 15) is 4.79 Å². The third-order valence-corrected chi connectivity index (χ3v) is 3.32. The van der Waals surface area contributed by atoms with Gasteiger partial charge < -0.3 is 15.6 Å². The fraction of sp³-hybridized carbons (Fsp3) is 0.167. The molecule has 1 aromatic heterocycles. The van der Waals surface area contributed by atoms with Crippen molar-refractivity contribution in [3.05, 3.63) is 46.1 Å². The van der Waals surface area contributed by atoms with Crippen LogP contribution >= 0.6 is 22.6 Å². The number of benzene rings is 1. The van der Waals surface area contributed by atoms with Crippen LogP contribution < -0.4 is 11.1 Å². The van der Waals surface area contributed by atoms with Crippen LogP contribution in [0.1, 0.15) is 10.5 Å². The number of imidazole rings is 1. The van der Waals surface area contributed by atoms with Crippen molar-refractivity contribution in [1.29, 1.82) is 0 Å². The summed E-state index contributed by atoms with van der Waals surface area (Å²) in [5.41, 5.74) is 6.62. The van der Waals surface area contributed by atoms with Crippen LogP contribution in [0.5, 0.6) is 0 Å². The van der Waals surface area contributed by atoms with Crippen LogP contribution in [0.3, 0.4) is 0 Å². The van der Waals surface area contributed by atoms with Gasteiger partial charge in [-0.25, -0.2) is 4.98 Å². The normalized spacial score (nSPS) is 10.3. The van der Waals surface area contributed by atoms with Crippen LogP contribution in [0.15, 0.2) is 36.8 Å². The van der Waals surface area contributed by atoms with Gasteiger partial charge in [-0.2, -0.15) is 0 Å². The maximum Gasteiger partial charge on any atom is 0.275 e. The van der Waals surface area contributed by atoms with Crippen molar-refractivity contribution in [2.24, 2.45) is 5.73 Å². The summed E-state index contributed by atoms with van der Waals surface area (Å²) in [5.74, 6) is -0.213. The maximum absolute atomic E-state index is 12.0. The first kappa shape index (κ1) is 13.0. The van der Waals surface area contributed by atoms with Crippen molar-refractivity contribution < 1.29 is 4.79 Å². The Balaban J connectivity index is 2.10. The molecule has 0 aliphatic rings. The molecule has 2 rings (SSSR count). The molecule has 0 aliphatic heterocycles. The lowest BCUT2D eigenvalue weighted by atomic mass is 10.3. The number of nitrogens with zero attached hydrogens (tertiary/aromatic N) is 2. The Morgan fingerprint density at radius 3 is 2.94 bits per heavy atom. The highest BCUT2D eigenvalue weighted by atomic mass is 127. The minimum atomic E-state index is -0.213. The van der Waals surface area contributed by atoms with Gasteiger partial charge in [0, 0.05) is 22.9 Å². The number of hydrogen-bond acceptors (Lipinski definition) is 3. The van der Waals surface area contributed by atoms with E-state index in [2.05, 4.69) is 32.9 Å². The number of nitrogens with one attached hydrogen (secondary N) is 1. The van der Waals surface area contributed by atoms with E-state index in [0.29, 0.717) is 18.8 Å². The van der Waals surface area contributed by atoms with Gasteiger partial charge in [-0.1, -0.05) is 12.1 Å². The zero-order chi connectivity index (χ0) is 13.0. The van der Waals surface area contributed by atoms with Gasteiger partial charge in [-0.15, -0.1) is 0 Å². The van der Waals surface area contributed by atoms with Crippen LogP contribution in [0.25, 0.3) is 0 Å². The first-order valence-corrected chi connectivity index (χ1v) is 6.56. The molecule has 0 saturated heterocycles. The third kappa shape index (κ3) is 3.08. The average Bonchev–Trinajstić information content (AvgIpc) is 2.81. The lowest BCUT2D eigenvalue weighted by Crippen LogP contribution is -2.13. The lowest BCUT2D eigenvalue weighted by Gasteiger charge is -2.04. The summed E-state index contributed by atoms with van der Waals surface area (Å²) in [6, 6.07) is 7.60. The van der Waals surface area contributed by atoms with Crippen molar-refractivity contribution in [3.8, 4) is 0 Å². The fourth-order valence-electron chi connectivity index (χ4n) is 1.50. The molecular weight excluding hydrogens is 343 g/mol. The number of hydrogen-bond donors (Lipinski definition) is 2. The van der Waals surface area contributed by atoms with Gasteiger partial charge in [0.05, 0.1) is 12.0 Å². The fourth-order valence-corrected chi connectivity index (χ4v) is 2.02. The Labute approximate surface area is 119 Å². The Kier molecular flexibility index (Phi) is 4.32. The van der Waals surface area contributed by atoms with Crippen molar-refractivity contribution in [1.82, 2.24) is 9.55 Å². The van der Waals surface area contributed by atoms with E-state index in [-0.39, 0.29) is 5.91 Å². The van der Waals surface area contributed by atoms with Crippen LogP contribution in [0, 0.1) is 3.57 Å². The molecule has 2 aromatic rings. The Morgan fingerprint density at radius 1 is 1.44 bits per heavy atom. The number of rotatable bonds is 4. The molecule has 0 radical (unpaired) electrons. The maximum atomic E-state index is 12.0. The number of aromatic nitrogens is 2. The monoisotopic (exact) mass is 356 g/mol. The number of amides is 1. The Morgan fingerprint density at radius 2 is 2.22 bits per heavy atom. The predicted octanol–water partition coefficient (Wildman–Crippen LogP) is 1.70. The molecule has 0 atom stereocenters. The minimum Gasteiger partial charge on any atom is -0.335 e. The first-order chi connectivity index (χ1) is 8.70. The summed E-state index contributed by atoms with van der Waals surface area (Å²) in [4.78, 5) is 16.0. The second-order valence-corrected chi connectivity index (χ2v) is 4.88. The van der Waals surface area contributed by atoms with E-state index in [1.807, 2.05) is 24.3 Å². The summed E-state index contributed by atoms with van der Waals surface area (Å²) < 4.78 is 2.79. The Hall–Kier alpha value is -1.41. The van der Waals surface area contributed by atoms with Gasteiger partial charge in [0.15, 0.2) is 0 Å². The van der Waals surface area contributed by atoms with E-state index >= 15 is 0 Å². The van der Waals surface area contributed by atoms with E-state index < -0.39 is 0 Å². The van der Waals surface area contributed by atoms with Crippen LogP contribution in [-0.2, 0) is 6.54 Å². The number of carbonyl (C=O) groups is 1. The van der Waals surface area contributed by atoms with E-state index in [1.165, 1.54) is 0 Å². The molecule has 1 aromatic carbocycles. The average molecular weight is 356 g/mol. The summed E-state index contributed by atoms with van der Waals surface area (Å²) in [6.07, 6.45) is 3.30. The molecule has 0 spiro atoms. The standard InChI is InChI=1S/C12H13IN4O/c13-9-3-1-2-4-10(9)16-12(18)11-7-17(6-5-14)8-15-11/h1-4,7-8H,5-6,14H2,(H,16,18). The van der Waals surface area contributed by atoms with Crippen molar-refractivity contribution >= 4 is 34.2 Å². The highest BCUT2D eigenvalue weighted by Gasteiger charge is 2.10. The molecule has 0 saturated carbocycles. The smallest absolute Gasteiger partial charge is 0.275 e.